The Balaban J connectivity index is 5.22. The first-order chi connectivity index (χ1) is 36.5. The van der Waals surface area contributed by atoms with Gasteiger partial charge in [-0.3, -0.25) is 37.3 Å². The molecule has 5 atom stereocenters. The highest BCUT2D eigenvalue weighted by atomic mass is 31.2. The standard InChI is InChI=1S/C57H110O17P2/c1-6-9-12-15-18-21-26-31-36-41-55(60)68-47-53(74-57(62)43-38-33-28-23-24-29-34-39-50(4)5)49-72-76(65,66)70-45-51(58)44-69-75(63,64)71-48-52(46-67-54(59)40-35-30-25-20-17-14-11-8-3)73-56(61)42-37-32-27-22-19-16-13-10-7-2/h50-53,58H,6-49H2,1-5H3,(H,63,64)(H,65,66)/t51-,52+,53+/m0/s1. The SMILES string of the molecule is CCCCCCCCCCCC(=O)OC[C@H](COP(=O)(O)OC[C@@H](O)COP(=O)(O)OC[C@@H](COC(=O)CCCCCCCCCC)OC(=O)CCCCCCCCCCC)OC(=O)CCCCCCCCCC(C)C. The second kappa shape index (κ2) is 51.2. The number of carbonyl (C=O) groups is 4. The predicted octanol–water partition coefficient (Wildman–Crippen LogP) is 15.1. The van der Waals surface area contributed by atoms with Gasteiger partial charge in [0, 0.05) is 25.7 Å². The van der Waals surface area contributed by atoms with E-state index >= 15 is 0 Å². The number of ether oxygens (including phenoxy) is 4. The molecule has 0 fully saturated rings. The van der Waals surface area contributed by atoms with E-state index in [1.165, 1.54) is 96.3 Å². The molecule has 0 saturated carbocycles. The summed E-state index contributed by atoms with van der Waals surface area (Å²) in [5, 5.41) is 10.5. The molecule has 0 aromatic carbocycles. The van der Waals surface area contributed by atoms with Crippen LogP contribution in [0, 0.1) is 5.92 Å². The van der Waals surface area contributed by atoms with E-state index in [2.05, 4.69) is 34.6 Å². The Morgan fingerprint density at radius 2 is 0.605 bits per heavy atom. The van der Waals surface area contributed by atoms with Gasteiger partial charge in [0.25, 0.3) is 0 Å². The smallest absolute Gasteiger partial charge is 0.462 e. The van der Waals surface area contributed by atoms with Crippen LogP contribution in [0.4, 0.5) is 0 Å². The van der Waals surface area contributed by atoms with Crippen molar-refractivity contribution >= 4 is 39.5 Å². The highest BCUT2D eigenvalue weighted by Gasteiger charge is 2.30. The summed E-state index contributed by atoms with van der Waals surface area (Å²) in [6.45, 7) is 7.02. The summed E-state index contributed by atoms with van der Waals surface area (Å²) in [7, 11) is -9.86. The zero-order chi connectivity index (χ0) is 56.4. The van der Waals surface area contributed by atoms with Crippen LogP contribution >= 0.6 is 15.6 Å². The number of aliphatic hydroxyl groups excluding tert-OH is 1. The molecule has 0 aliphatic heterocycles. The van der Waals surface area contributed by atoms with Crippen molar-refractivity contribution in [1.82, 2.24) is 0 Å². The normalized spacial score (nSPS) is 14.4. The lowest BCUT2D eigenvalue weighted by Gasteiger charge is -2.21. The Bertz CT molecular complexity index is 1500. The van der Waals surface area contributed by atoms with Gasteiger partial charge >= 0.3 is 39.5 Å². The van der Waals surface area contributed by atoms with Crippen LogP contribution in [0.5, 0.6) is 0 Å². The molecule has 76 heavy (non-hydrogen) atoms. The van der Waals surface area contributed by atoms with E-state index in [1.807, 2.05) is 0 Å². The topological polar surface area (TPSA) is 237 Å². The van der Waals surface area contributed by atoms with Gasteiger partial charge in [-0.1, -0.05) is 227 Å². The molecule has 450 valence electrons. The van der Waals surface area contributed by atoms with E-state index in [0.717, 1.165) is 96.3 Å². The molecule has 0 radical (unpaired) electrons. The Labute approximate surface area is 460 Å². The van der Waals surface area contributed by atoms with Crippen LogP contribution in [0.15, 0.2) is 0 Å². The Hall–Kier alpha value is -1.94. The fourth-order valence-corrected chi connectivity index (χ4v) is 9.92. The molecule has 17 nitrogen and oxygen atoms in total. The summed E-state index contributed by atoms with van der Waals surface area (Å²) in [4.78, 5) is 71.7. The molecule has 0 saturated heterocycles. The third kappa shape index (κ3) is 51.5. The molecular formula is C57H110O17P2. The first-order valence-corrected chi connectivity index (χ1v) is 33.1. The van der Waals surface area contributed by atoms with Gasteiger partial charge in [0.1, 0.15) is 19.3 Å². The number of rotatable bonds is 57. The lowest BCUT2D eigenvalue weighted by Crippen LogP contribution is -2.30. The molecule has 3 N–H and O–H groups in total. The molecule has 0 amide bonds. The second-order valence-electron chi connectivity index (χ2n) is 21.2. The Kier molecular flexibility index (Phi) is 49.9. The average Bonchev–Trinajstić information content (AvgIpc) is 3.38. The van der Waals surface area contributed by atoms with Crippen LogP contribution in [0.3, 0.4) is 0 Å². The predicted molar refractivity (Wildman–Crippen MR) is 298 cm³/mol. The maximum absolute atomic E-state index is 12.9. The van der Waals surface area contributed by atoms with Crippen molar-refractivity contribution in [3.8, 4) is 0 Å². The minimum absolute atomic E-state index is 0.103. The molecule has 0 aliphatic rings. The molecule has 0 spiro atoms. The summed E-state index contributed by atoms with van der Waals surface area (Å²) in [6.07, 6.45) is 32.2. The fourth-order valence-electron chi connectivity index (χ4n) is 8.34. The van der Waals surface area contributed by atoms with E-state index < -0.39 is 97.5 Å². The highest BCUT2D eigenvalue weighted by molar-refractivity contribution is 7.47. The first kappa shape index (κ1) is 74.1. The second-order valence-corrected chi connectivity index (χ2v) is 24.1. The fraction of sp³-hybridized carbons (Fsp3) is 0.930. The zero-order valence-corrected chi connectivity index (χ0v) is 50.2. The summed E-state index contributed by atoms with van der Waals surface area (Å²) in [6, 6.07) is 0. The van der Waals surface area contributed by atoms with Crippen LogP contribution in [0.2, 0.25) is 0 Å². The van der Waals surface area contributed by atoms with Crippen molar-refractivity contribution in [1.29, 1.82) is 0 Å². The number of esters is 4. The third-order valence-electron chi connectivity index (χ3n) is 13.0. The van der Waals surface area contributed by atoms with Gasteiger partial charge in [-0.05, 0) is 31.6 Å². The maximum atomic E-state index is 12.9. The minimum Gasteiger partial charge on any atom is -0.462 e. The van der Waals surface area contributed by atoms with Gasteiger partial charge in [0.2, 0.25) is 0 Å². The molecule has 0 aliphatic carbocycles. The van der Waals surface area contributed by atoms with Crippen LogP contribution < -0.4 is 0 Å². The number of phosphoric acid groups is 2. The van der Waals surface area contributed by atoms with Crippen molar-refractivity contribution in [3.05, 3.63) is 0 Å². The van der Waals surface area contributed by atoms with Crippen LogP contribution in [0.25, 0.3) is 0 Å². The van der Waals surface area contributed by atoms with Crippen molar-refractivity contribution in [2.24, 2.45) is 5.92 Å². The van der Waals surface area contributed by atoms with Gasteiger partial charge in [0.05, 0.1) is 26.4 Å². The van der Waals surface area contributed by atoms with Gasteiger partial charge < -0.3 is 33.8 Å². The van der Waals surface area contributed by atoms with E-state index in [0.29, 0.717) is 31.6 Å². The van der Waals surface area contributed by atoms with Gasteiger partial charge in [-0.15, -0.1) is 0 Å². The van der Waals surface area contributed by atoms with E-state index in [-0.39, 0.29) is 25.7 Å². The van der Waals surface area contributed by atoms with Gasteiger partial charge in [-0.2, -0.15) is 0 Å². The molecule has 0 heterocycles. The van der Waals surface area contributed by atoms with Gasteiger partial charge in [0.15, 0.2) is 12.2 Å². The minimum atomic E-state index is -4.93. The molecular weight excluding hydrogens is 1020 g/mol. The summed E-state index contributed by atoms with van der Waals surface area (Å²) < 4.78 is 67.5. The summed E-state index contributed by atoms with van der Waals surface area (Å²) in [5.74, 6) is -1.45. The van der Waals surface area contributed by atoms with Crippen molar-refractivity contribution in [2.45, 2.75) is 297 Å². The van der Waals surface area contributed by atoms with E-state index in [4.69, 9.17) is 37.0 Å². The molecule has 19 heteroatoms. The number of carbonyl (C=O) groups excluding carboxylic acids is 4. The lowest BCUT2D eigenvalue weighted by molar-refractivity contribution is -0.161. The number of aliphatic hydroxyl groups is 1. The van der Waals surface area contributed by atoms with Crippen molar-refractivity contribution < 1.29 is 80.2 Å². The first-order valence-electron chi connectivity index (χ1n) is 30.1. The van der Waals surface area contributed by atoms with Crippen molar-refractivity contribution in [3.63, 3.8) is 0 Å². The van der Waals surface area contributed by atoms with Crippen LogP contribution in [0.1, 0.15) is 279 Å². The van der Waals surface area contributed by atoms with Crippen molar-refractivity contribution in [2.75, 3.05) is 39.6 Å². The quantitative estimate of drug-likeness (QED) is 0.0222. The highest BCUT2D eigenvalue weighted by Crippen LogP contribution is 2.45. The Morgan fingerprint density at radius 3 is 0.895 bits per heavy atom. The average molecular weight is 1130 g/mol. The molecule has 0 rings (SSSR count). The van der Waals surface area contributed by atoms with Gasteiger partial charge in [-0.25, -0.2) is 9.13 Å². The number of phosphoric ester groups is 2. The summed E-state index contributed by atoms with van der Waals surface area (Å²) >= 11 is 0. The number of hydrogen-bond acceptors (Lipinski definition) is 15. The third-order valence-corrected chi connectivity index (χ3v) is 14.9. The monoisotopic (exact) mass is 1130 g/mol. The lowest BCUT2D eigenvalue weighted by atomic mass is 10.0. The zero-order valence-electron chi connectivity index (χ0n) is 48.4. The molecule has 0 aromatic heterocycles. The number of hydrogen-bond donors (Lipinski definition) is 3. The largest absolute Gasteiger partial charge is 0.472 e. The molecule has 0 bridgehead atoms. The molecule has 0 aromatic rings. The summed E-state index contributed by atoms with van der Waals surface area (Å²) in [5.41, 5.74) is 0. The van der Waals surface area contributed by atoms with E-state index in [1.54, 1.807) is 0 Å². The maximum Gasteiger partial charge on any atom is 0.472 e. The van der Waals surface area contributed by atoms with E-state index in [9.17, 15) is 43.2 Å². The van der Waals surface area contributed by atoms with Crippen LogP contribution in [-0.2, 0) is 65.4 Å². The Morgan fingerprint density at radius 1 is 0.355 bits per heavy atom. The molecule has 2 unspecified atom stereocenters. The van der Waals surface area contributed by atoms with Crippen LogP contribution in [-0.4, -0.2) is 96.7 Å². The number of unbranched alkanes of at least 4 members (excludes halogenated alkanes) is 29.